The van der Waals surface area contributed by atoms with E-state index in [0.717, 1.165) is 0 Å². The Morgan fingerprint density at radius 2 is 0.862 bits per heavy atom. The molecule has 0 atom stereocenters. The lowest BCUT2D eigenvalue weighted by atomic mass is 9.97. The van der Waals surface area contributed by atoms with Crippen molar-refractivity contribution in [2.45, 2.75) is 0 Å². The van der Waals surface area contributed by atoms with E-state index in [2.05, 4.69) is 0 Å². The summed E-state index contributed by atoms with van der Waals surface area (Å²) in [7, 11) is 0. The van der Waals surface area contributed by atoms with Crippen LogP contribution in [0.25, 0.3) is 88.0 Å². The Hall–Kier alpha value is -7.68. The molecule has 1 aromatic heterocycles. The van der Waals surface area contributed by atoms with E-state index in [4.69, 9.17) is 31.8 Å². The molecule has 2 heteroatoms. The van der Waals surface area contributed by atoms with E-state index in [9.17, 15) is 23.3 Å². The molecule has 0 radical (unpaired) electrons. The highest BCUT2D eigenvalue weighted by Gasteiger charge is 2.23. The molecule has 0 saturated carbocycles. The summed E-state index contributed by atoms with van der Waals surface area (Å²) in [6.45, 7) is 0. The molecule has 0 amide bonds. The molecule has 272 valence electrons. The van der Waals surface area contributed by atoms with Gasteiger partial charge in [0.2, 0.25) is 0 Å². The largest absolute Gasteiger partial charge is 0.455 e. The maximum absolute atomic E-state index is 10.2. The van der Waals surface area contributed by atoms with Crippen molar-refractivity contribution >= 4 is 60.5 Å². The first-order valence-electron chi connectivity index (χ1n) is 35.3. The average Bonchev–Trinajstić information content (AvgIpc) is 1.68. The zero-order chi connectivity index (χ0) is 70.6. The van der Waals surface area contributed by atoms with E-state index in [-0.39, 0.29) is 4.90 Å². The van der Waals surface area contributed by atoms with Crippen LogP contribution in [0.1, 0.15) is 50.7 Å². The minimum atomic E-state index is -1.44. The van der Waals surface area contributed by atoms with Crippen LogP contribution < -0.4 is 4.90 Å². The van der Waals surface area contributed by atoms with Gasteiger partial charge in [0.1, 0.15) is 11.2 Å². The first-order valence-corrected chi connectivity index (χ1v) is 16.8. The van der Waals surface area contributed by atoms with Crippen molar-refractivity contribution in [1.29, 1.82) is 0 Å². The lowest BCUT2D eigenvalue weighted by molar-refractivity contribution is 0.670. The number of hydrogen-bond donors (Lipinski definition) is 0. The van der Waals surface area contributed by atoms with Gasteiger partial charge in [-0.3, -0.25) is 0 Å². The zero-order valence-corrected chi connectivity index (χ0v) is 28.9. The van der Waals surface area contributed by atoms with Crippen molar-refractivity contribution in [3.05, 3.63) is 224 Å². The van der Waals surface area contributed by atoms with Gasteiger partial charge in [0.15, 0.2) is 0 Å². The molecule has 58 heavy (non-hydrogen) atoms. The molecule has 0 fully saturated rings. The van der Waals surface area contributed by atoms with Crippen LogP contribution in [0.4, 0.5) is 17.1 Å². The lowest BCUT2D eigenvalue weighted by Crippen LogP contribution is -2.10. The third-order valence-electron chi connectivity index (χ3n) is 8.62. The van der Waals surface area contributed by atoms with Gasteiger partial charge in [0.05, 0.1) is 61.8 Å². The Morgan fingerprint density at radius 3 is 1.57 bits per heavy atom. The van der Waals surface area contributed by atoms with Crippen molar-refractivity contribution in [1.82, 2.24) is 0 Å². The fourth-order valence-corrected chi connectivity index (χ4v) is 6.01. The van der Waals surface area contributed by atoms with E-state index in [1.165, 1.54) is 0 Å². The number of hydrogen-bond acceptors (Lipinski definition) is 2. The van der Waals surface area contributed by atoms with Gasteiger partial charge < -0.3 is 9.32 Å². The Morgan fingerprint density at radius 1 is 0.345 bits per heavy atom. The highest BCUT2D eigenvalue weighted by atomic mass is 16.3. The van der Waals surface area contributed by atoms with Crippen molar-refractivity contribution < 1.29 is 55.1 Å². The predicted octanol–water partition coefficient (Wildman–Crippen LogP) is 16.0. The van der Waals surface area contributed by atoms with Gasteiger partial charge in [0, 0.05) is 22.3 Å². The van der Waals surface area contributed by atoms with Crippen LogP contribution in [0.15, 0.2) is 228 Å². The third kappa shape index (κ3) is 6.00. The van der Waals surface area contributed by atoms with E-state index < -0.39 is 329 Å². The molecule has 1 heterocycles. The Labute approximate surface area is 389 Å². The number of fused-ring (bicyclic) bond motifs is 5. The summed E-state index contributed by atoms with van der Waals surface area (Å²) < 4.78 is 342. The molecule has 0 aliphatic carbocycles. The van der Waals surface area contributed by atoms with Gasteiger partial charge in [-0.1, -0.05) is 169 Å². The van der Waals surface area contributed by atoms with Crippen LogP contribution in [-0.2, 0) is 0 Å². The van der Waals surface area contributed by atoms with Gasteiger partial charge in [-0.05, 0) is 115 Å². The van der Waals surface area contributed by atoms with E-state index >= 15 is 0 Å². The number of nitrogens with zero attached hydrogens (tertiary/aromatic N) is 1. The predicted molar refractivity (Wildman–Crippen MR) is 245 cm³/mol. The quantitative estimate of drug-likeness (QED) is 0.160. The Bertz CT molecular complexity index is 5380. The van der Waals surface area contributed by atoms with Crippen LogP contribution in [0.5, 0.6) is 0 Å². The van der Waals surface area contributed by atoms with Gasteiger partial charge >= 0.3 is 0 Å². The maximum Gasteiger partial charge on any atom is 0.145 e. The summed E-state index contributed by atoms with van der Waals surface area (Å²) in [6, 6.07) is -40.8. The van der Waals surface area contributed by atoms with Crippen molar-refractivity contribution in [3.63, 3.8) is 0 Å². The van der Waals surface area contributed by atoms with Crippen LogP contribution in [0.3, 0.4) is 0 Å². The zero-order valence-electron chi connectivity index (χ0n) is 65.9. The Balaban J connectivity index is 1.37. The summed E-state index contributed by atoms with van der Waals surface area (Å²) in [5, 5.41) is -4.62. The second-order valence-corrected chi connectivity index (χ2v) is 12.0. The molecule has 0 bridgehead atoms. The topological polar surface area (TPSA) is 16.4 Å². The molecule has 0 unspecified atom stereocenters. The molecule has 11 rings (SSSR count). The summed E-state index contributed by atoms with van der Waals surface area (Å²) in [5.74, 6) is 0. The second-order valence-electron chi connectivity index (χ2n) is 12.0. The minimum Gasteiger partial charge on any atom is -0.455 e. The van der Waals surface area contributed by atoms with Gasteiger partial charge in [-0.25, -0.2) is 0 Å². The van der Waals surface area contributed by atoms with Crippen molar-refractivity contribution in [2.24, 2.45) is 0 Å². The highest BCUT2D eigenvalue weighted by molar-refractivity contribution is 6.17. The molecule has 0 aliphatic heterocycles. The summed E-state index contributed by atoms with van der Waals surface area (Å²) in [6.07, 6.45) is 0. The monoisotopic (exact) mass is 777 g/mol. The number of anilines is 3. The summed E-state index contributed by atoms with van der Waals surface area (Å²) >= 11 is 0. The van der Waals surface area contributed by atoms with E-state index in [1.807, 2.05) is 0 Å². The fourth-order valence-electron chi connectivity index (χ4n) is 6.01. The van der Waals surface area contributed by atoms with Gasteiger partial charge in [-0.2, -0.15) is 0 Å². The third-order valence-corrected chi connectivity index (χ3v) is 8.62. The number of para-hydroxylation sites is 1. The highest BCUT2D eigenvalue weighted by Crippen LogP contribution is 2.47. The minimum absolute atomic E-state index is 0.285. The van der Waals surface area contributed by atoms with Crippen LogP contribution in [0.2, 0.25) is 0 Å². The smallest absolute Gasteiger partial charge is 0.145 e. The number of furan rings is 1. The molecule has 0 aliphatic rings. The van der Waals surface area contributed by atoms with Crippen molar-refractivity contribution in [3.8, 4) is 44.5 Å². The number of benzene rings is 10. The molecule has 10 aromatic carbocycles. The standard InChI is InChI=1S/C56H37NO/c1-2-11-38(12-3-1)41-21-23-42(24-22-41)43-29-31-49(32-30-43)57(50-18-10-17-46(37-50)47-27-25-39-13-4-6-15-44(39)35-47)53-34-33-51(48-28-26-40-14-5-7-16-45(40)36-48)56-55(53)52-19-8-9-20-54(52)58-56/h1-37H/i1D,2D,3D,4D,5D,6D,7D,8D,9D,10D,11D,12D,13D,14D,15D,16D,17D,18D,19D,20D,21D,22D,23D,24D,25D,26D,27D,28D,29D,30D,31D,32D,33D,34D,35D,36D,37D. The van der Waals surface area contributed by atoms with Crippen LogP contribution in [-0.4, -0.2) is 0 Å². The molecule has 0 spiro atoms. The molecular formula is C56H37NO. The molecule has 0 saturated heterocycles. The molecule has 11 aromatic rings. The summed E-state index contributed by atoms with van der Waals surface area (Å²) in [5.41, 5.74) is -13.5. The maximum atomic E-state index is 10.2. The lowest BCUT2D eigenvalue weighted by Gasteiger charge is -2.27. The summed E-state index contributed by atoms with van der Waals surface area (Å²) in [4.78, 5) is 0.285. The Kier molecular flexibility index (Phi) is 3.15. The average molecular weight is 777 g/mol. The number of rotatable bonds is 7. The first-order chi connectivity index (χ1) is 44.2. The van der Waals surface area contributed by atoms with Crippen LogP contribution in [0, 0.1) is 0 Å². The molecular weight excluding hydrogens is 703 g/mol. The second kappa shape index (κ2) is 14.1. The van der Waals surface area contributed by atoms with E-state index in [1.54, 1.807) is 0 Å². The van der Waals surface area contributed by atoms with Gasteiger partial charge in [0.25, 0.3) is 0 Å². The van der Waals surface area contributed by atoms with Gasteiger partial charge in [-0.15, -0.1) is 0 Å². The fraction of sp³-hybridized carbons (Fsp3) is 0. The van der Waals surface area contributed by atoms with E-state index in [0.29, 0.717) is 0 Å². The SMILES string of the molecule is [2H]c1c([2H])c([2H])c(-c2c([2H])c([2H])c(-c3c([2H])c([2H])c(N(c4c([2H])c([2H])c([2H])c(-c5c([2H])c([2H])c6c([2H])c([2H])c([2H])c([2H])c6c5[2H])c4[2H])c4c([2H])c([2H])c(-c5c([2H])c([2H])c6c([2H])c([2H])c([2H])c([2H])c6c5[2H])c5oc6c([2H])c([2H])c([2H])c([2H])c6c45)c([2H])c3[2H])c([2H])c2[2H])c([2H])c1[2H]. The van der Waals surface area contributed by atoms with Crippen molar-refractivity contribution in [2.75, 3.05) is 4.90 Å². The first kappa shape index (κ1) is 12.9. The molecule has 0 N–H and O–H groups in total. The normalized spacial score (nSPS) is 20.4. The molecule has 2 nitrogen and oxygen atoms in total. The van der Waals surface area contributed by atoms with Crippen LogP contribution >= 0.6 is 0 Å².